The van der Waals surface area contributed by atoms with E-state index in [4.69, 9.17) is 4.74 Å². The first kappa shape index (κ1) is 16.4. The predicted octanol–water partition coefficient (Wildman–Crippen LogP) is -0.327. The molecule has 0 spiro atoms. The molecule has 4 atom stereocenters. The quantitative estimate of drug-likeness (QED) is 0.476. The second-order valence-electron chi connectivity index (χ2n) is 6.31. The van der Waals surface area contributed by atoms with Gasteiger partial charge >= 0.3 is 5.97 Å². The third-order valence-corrected chi connectivity index (χ3v) is 4.65. The topological polar surface area (TPSA) is 90.2 Å². The van der Waals surface area contributed by atoms with Gasteiger partial charge in [0.1, 0.15) is 6.61 Å². The van der Waals surface area contributed by atoms with Gasteiger partial charge in [-0.25, -0.2) is 4.79 Å². The van der Waals surface area contributed by atoms with E-state index in [-0.39, 0.29) is 12.6 Å². The van der Waals surface area contributed by atoms with E-state index in [2.05, 4.69) is 4.90 Å². The van der Waals surface area contributed by atoms with Crippen LogP contribution in [0.1, 0.15) is 27.2 Å². The molecular weight excluding hydrogens is 274 g/mol. The molecule has 2 rings (SSSR count). The highest BCUT2D eigenvalue weighted by Gasteiger charge is 2.46. The lowest BCUT2D eigenvalue weighted by Crippen LogP contribution is -2.53. The molecule has 0 aromatic rings. The summed E-state index contributed by atoms with van der Waals surface area (Å²) in [6.07, 6.45) is 1.03. The summed E-state index contributed by atoms with van der Waals surface area (Å²) in [4.78, 5) is 14.3. The number of hydrogen-bond acceptors (Lipinski definition) is 6. The fourth-order valence-electron chi connectivity index (χ4n) is 3.18. The Labute approximate surface area is 125 Å². The molecule has 3 N–H and O–H groups in total. The number of carbonyl (C=O) groups excluding carboxylic acids is 1. The molecule has 2 aliphatic heterocycles. The van der Waals surface area contributed by atoms with Crippen LogP contribution in [-0.2, 0) is 9.53 Å². The van der Waals surface area contributed by atoms with Gasteiger partial charge in [0.25, 0.3) is 0 Å². The maximum absolute atomic E-state index is 12.1. The van der Waals surface area contributed by atoms with Crippen molar-refractivity contribution in [3.63, 3.8) is 0 Å². The number of nitrogens with zero attached hydrogens (tertiary/aromatic N) is 1. The molecule has 0 aromatic heterocycles. The fraction of sp³-hybridized carbons (Fsp3) is 0.800. The van der Waals surface area contributed by atoms with Gasteiger partial charge in [-0.05, 0) is 24.8 Å². The van der Waals surface area contributed by atoms with Gasteiger partial charge in [-0.15, -0.1) is 0 Å². The normalized spacial score (nSPS) is 30.0. The van der Waals surface area contributed by atoms with Crippen LogP contribution in [0.25, 0.3) is 0 Å². The maximum atomic E-state index is 12.1. The Hall–Kier alpha value is -0.950. The Morgan fingerprint density at radius 1 is 1.52 bits per heavy atom. The van der Waals surface area contributed by atoms with Crippen LogP contribution in [0.4, 0.5) is 0 Å². The third-order valence-electron chi connectivity index (χ3n) is 4.65. The van der Waals surface area contributed by atoms with Crippen LogP contribution in [0, 0.1) is 5.92 Å². The molecule has 0 radical (unpaired) electrons. The summed E-state index contributed by atoms with van der Waals surface area (Å²) in [7, 11) is 0. The lowest BCUT2D eigenvalue weighted by Gasteiger charge is -2.32. The lowest BCUT2D eigenvalue weighted by atomic mass is 9.85. The van der Waals surface area contributed by atoms with Crippen molar-refractivity contribution >= 4 is 5.97 Å². The van der Waals surface area contributed by atoms with Crippen molar-refractivity contribution in [3.05, 3.63) is 11.6 Å². The minimum absolute atomic E-state index is 0.0405. The van der Waals surface area contributed by atoms with Crippen molar-refractivity contribution < 1.29 is 24.9 Å². The molecule has 0 saturated carbocycles. The molecule has 120 valence electrons. The van der Waals surface area contributed by atoms with Crippen molar-refractivity contribution in [2.75, 3.05) is 19.7 Å². The highest BCUT2D eigenvalue weighted by Crippen LogP contribution is 2.30. The Bertz CT molecular complexity index is 424. The summed E-state index contributed by atoms with van der Waals surface area (Å²) in [6, 6.07) is -0.0866. The molecule has 0 unspecified atom stereocenters. The zero-order valence-electron chi connectivity index (χ0n) is 12.8. The summed E-state index contributed by atoms with van der Waals surface area (Å²) in [5.41, 5.74) is -1.04. The van der Waals surface area contributed by atoms with Crippen LogP contribution in [-0.4, -0.2) is 69.7 Å². The van der Waals surface area contributed by atoms with E-state index in [0.717, 1.165) is 25.1 Å². The highest BCUT2D eigenvalue weighted by molar-refractivity contribution is 5.80. The predicted molar refractivity (Wildman–Crippen MR) is 76.5 cm³/mol. The number of carbonyl (C=O) groups is 1. The average molecular weight is 299 g/mol. The highest BCUT2D eigenvalue weighted by atomic mass is 16.6. The molecule has 6 heteroatoms. The maximum Gasteiger partial charge on any atom is 0.341 e. The van der Waals surface area contributed by atoms with E-state index < -0.39 is 29.7 Å². The van der Waals surface area contributed by atoms with Crippen LogP contribution in [0.3, 0.4) is 0 Å². The average Bonchev–Trinajstić information content (AvgIpc) is 2.98. The SMILES string of the molecule is CC(C)[C@](O)(C(=O)OCC1=CCN2CC[C@@H](O)[C@@H]12)[C@H](C)O. The standard InChI is InChI=1S/C15H25NO5/c1-9(2)15(20,10(3)17)14(19)21-8-11-4-6-16-7-5-12(18)13(11)16/h4,9-10,12-13,17-18,20H,5-8H2,1-3H3/t10-,12+,13+,15+/m0/s1. The van der Waals surface area contributed by atoms with Crippen molar-refractivity contribution in [3.8, 4) is 0 Å². The van der Waals surface area contributed by atoms with Gasteiger partial charge in [-0.3, -0.25) is 4.90 Å². The number of ether oxygens (including phenoxy) is 1. The number of esters is 1. The van der Waals surface area contributed by atoms with Gasteiger partial charge in [-0.1, -0.05) is 19.9 Å². The number of hydrogen-bond donors (Lipinski definition) is 3. The van der Waals surface area contributed by atoms with E-state index >= 15 is 0 Å². The van der Waals surface area contributed by atoms with E-state index in [1.807, 2.05) is 6.08 Å². The Balaban J connectivity index is 1.98. The van der Waals surface area contributed by atoms with Gasteiger partial charge < -0.3 is 20.1 Å². The Kier molecular flexibility index (Phi) is 4.72. The first-order valence-electron chi connectivity index (χ1n) is 7.47. The van der Waals surface area contributed by atoms with E-state index in [9.17, 15) is 20.1 Å². The Morgan fingerprint density at radius 3 is 2.76 bits per heavy atom. The first-order valence-corrected chi connectivity index (χ1v) is 7.47. The van der Waals surface area contributed by atoms with E-state index in [0.29, 0.717) is 0 Å². The van der Waals surface area contributed by atoms with Crippen molar-refractivity contribution in [2.24, 2.45) is 5.92 Å². The molecule has 0 aliphatic carbocycles. The lowest BCUT2D eigenvalue weighted by molar-refractivity contribution is -0.183. The molecular formula is C15H25NO5. The van der Waals surface area contributed by atoms with Crippen LogP contribution < -0.4 is 0 Å². The summed E-state index contributed by atoms with van der Waals surface area (Å²) in [5, 5.41) is 30.0. The van der Waals surface area contributed by atoms with Crippen LogP contribution in [0.2, 0.25) is 0 Å². The number of rotatable bonds is 5. The van der Waals surface area contributed by atoms with E-state index in [1.54, 1.807) is 13.8 Å². The summed E-state index contributed by atoms with van der Waals surface area (Å²) >= 11 is 0. The first-order chi connectivity index (χ1) is 9.78. The molecule has 2 heterocycles. The Morgan fingerprint density at radius 2 is 2.19 bits per heavy atom. The molecule has 2 aliphatic rings. The van der Waals surface area contributed by atoms with Crippen molar-refractivity contribution in [1.29, 1.82) is 0 Å². The number of fused-ring (bicyclic) bond motifs is 1. The fourth-order valence-corrected chi connectivity index (χ4v) is 3.18. The van der Waals surface area contributed by atoms with Gasteiger partial charge in [-0.2, -0.15) is 0 Å². The van der Waals surface area contributed by atoms with Gasteiger partial charge in [0, 0.05) is 13.1 Å². The molecule has 6 nitrogen and oxygen atoms in total. The summed E-state index contributed by atoms with van der Waals surface area (Å²) < 4.78 is 5.22. The molecule has 0 bridgehead atoms. The van der Waals surface area contributed by atoms with Gasteiger partial charge in [0.2, 0.25) is 0 Å². The smallest absolute Gasteiger partial charge is 0.341 e. The molecule has 0 amide bonds. The molecule has 0 aromatic carbocycles. The van der Waals surface area contributed by atoms with Gasteiger partial charge in [0.15, 0.2) is 5.60 Å². The van der Waals surface area contributed by atoms with Crippen molar-refractivity contribution in [1.82, 2.24) is 4.90 Å². The molecule has 21 heavy (non-hydrogen) atoms. The number of aliphatic hydroxyl groups is 3. The van der Waals surface area contributed by atoms with Crippen molar-refractivity contribution in [2.45, 2.75) is 51.0 Å². The van der Waals surface area contributed by atoms with Crippen LogP contribution in [0.5, 0.6) is 0 Å². The largest absolute Gasteiger partial charge is 0.459 e. The minimum Gasteiger partial charge on any atom is -0.459 e. The minimum atomic E-state index is -1.91. The van der Waals surface area contributed by atoms with E-state index in [1.165, 1.54) is 6.92 Å². The number of aliphatic hydroxyl groups excluding tert-OH is 2. The second-order valence-corrected chi connectivity index (χ2v) is 6.31. The zero-order valence-corrected chi connectivity index (χ0v) is 12.8. The zero-order chi connectivity index (χ0) is 15.8. The van der Waals surface area contributed by atoms with Crippen LogP contribution in [0.15, 0.2) is 11.6 Å². The summed E-state index contributed by atoms with van der Waals surface area (Å²) in [6.45, 7) is 6.32. The monoisotopic (exact) mass is 299 g/mol. The molecule has 1 saturated heterocycles. The second kappa shape index (κ2) is 6.04. The summed E-state index contributed by atoms with van der Waals surface area (Å²) in [5.74, 6) is -1.28. The molecule has 1 fully saturated rings. The van der Waals surface area contributed by atoms with Gasteiger partial charge in [0.05, 0.1) is 18.2 Å². The van der Waals surface area contributed by atoms with Crippen LogP contribution >= 0.6 is 0 Å². The third kappa shape index (κ3) is 2.85.